The second-order valence-corrected chi connectivity index (χ2v) is 12.0. The summed E-state index contributed by atoms with van der Waals surface area (Å²) in [5, 5.41) is 2.61. The largest absolute Gasteiger partial charge is 0.456 e. The van der Waals surface area contributed by atoms with Crippen LogP contribution in [0.25, 0.3) is 99.9 Å². The SMILES string of the molecule is [2H]c1cc([2H])c2oc3ccc([2H])c(-c4nc(-c5ccc(-c6c([2H])c([2H])c7c([2H])c([2H])c([2H])c([2H])c7c6[2H])c(-c6ccccc6)c5)nc(-c5ccc6ccccc6c5)n4)c3c2c1. The lowest BCUT2D eigenvalue weighted by molar-refractivity contribution is 0.669. The Morgan fingerprint density at radius 3 is 2.06 bits per heavy atom. The lowest BCUT2D eigenvalue weighted by Gasteiger charge is -2.14. The molecule has 0 amide bonds. The van der Waals surface area contributed by atoms with Gasteiger partial charge in [0.2, 0.25) is 0 Å². The lowest BCUT2D eigenvalue weighted by atomic mass is 9.91. The summed E-state index contributed by atoms with van der Waals surface area (Å²) < 4.78 is 93.4. The Labute approximate surface area is 308 Å². The van der Waals surface area contributed by atoms with Crippen molar-refractivity contribution >= 4 is 43.5 Å². The van der Waals surface area contributed by atoms with Crippen LogP contribution in [0, 0.1) is 0 Å². The van der Waals surface area contributed by atoms with Crippen LogP contribution in [0.4, 0.5) is 0 Å². The molecule has 0 spiro atoms. The molecule has 8 aromatic carbocycles. The Kier molecular flexibility index (Phi) is 4.80. The van der Waals surface area contributed by atoms with Crippen LogP contribution < -0.4 is 0 Å². The Bertz CT molecular complexity index is 3500. The monoisotopic (exact) mass is 661 g/mol. The highest BCUT2D eigenvalue weighted by Crippen LogP contribution is 2.39. The van der Waals surface area contributed by atoms with E-state index in [2.05, 4.69) is 0 Å². The molecule has 0 saturated heterocycles. The van der Waals surface area contributed by atoms with Gasteiger partial charge in [0.05, 0.1) is 13.7 Å². The lowest BCUT2D eigenvalue weighted by Crippen LogP contribution is -2.01. The molecule has 0 radical (unpaired) electrons. The first kappa shape index (κ1) is 20.6. The molecule has 0 aliphatic rings. The zero-order chi connectivity index (χ0) is 42.4. The fourth-order valence-corrected chi connectivity index (χ4v) is 6.51. The highest BCUT2D eigenvalue weighted by atomic mass is 16.3. The van der Waals surface area contributed by atoms with E-state index >= 15 is 0 Å². The van der Waals surface area contributed by atoms with Crippen molar-refractivity contribution in [1.82, 2.24) is 15.0 Å². The molecule has 0 unspecified atom stereocenters. The van der Waals surface area contributed by atoms with Gasteiger partial charge in [0, 0.05) is 27.5 Å². The number of hydrogen-bond donors (Lipinski definition) is 0. The minimum Gasteiger partial charge on any atom is -0.456 e. The van der Waals surface area contributed by atoms with Crippen molar-refractivity contribution < 1.29 is 18.1 Å². The Hall–Kier alpha value is -6.91. The molecule has 51 heavy (non-hydrogen) atoms. The third-order valence-electron chi connectivity index (χ3n) is 8.95. The van der Waals surface area contributed by atoms with E-state index in [-0.39, 0.29) is 63.8 Å². The van der Waals surface area contributed by atoms with Crippen molar-refractivity contribution in [3.63, 3.8) is 0 Å². The van der Waals surface area contributed by atoms with Crippen LogP contribution in [0.5, 0.6) is 0 Å². The predicted octanol–water partition coefficient (Wildman–Crippen LogP) is 12.4. The molecule has 10 rings (SSSR count). The summed E-state index contributed by atoms with van der Waals surface area (Å²) in [6.07, 6.45) is 0. The minimum atomic E-state index is -0.538. The number of benzene rings is 8. The van der Waals surface area contributed by atoms with Crippen molar-refractivity contribution in [1.29, 1.82) is 0 Å². The van der Waals surface area contributed by atoms with Crippen LogP contribution in [0.15, 0.2) is 180 Å². The van der Waals surface area contributed by atoms with Crippen molar-refractivity contribution in [2.75, 3.05) is 0 Å². The van der Waals surface area contributed by atoms with Crippen LogP contribution in [-0.2, 0) is 0 Å². The predicted molar refractivity (Wildman–Crippen MR) is 209 cm³/mol. The van der Waals surface area contributed by atoms with E-state index < -0.39 is 30.2 Å². The van der Waals surface area contributed by atoms with E-state index in [0.717, 1.165) is 10.8 Å². The number of furan rings is 1. The smallest absolute Gasteiger partial charge is 0.164 e. The van der Waals surface area contributed by atoms with Gasteiger partial charge < -0.3 is 4.42 Å². The van der Waals surface area contributed by atoms with Crippen LogP contribution in [0.2, 0.25) is 0 Å². The van der Waals surface area contributed by atoms with E-state index in [0.29, 0.717) is 55.6 Å². The van der Waals surface area contributed by atoms with E-state index in [1.807, 2.05) is 78.9 Å². The van der Waals surface area contributed by atoms with Gasteiger partial charge in [-0.15, -0.1) is 0 Å². The highest BCUT2D eigenvalue weighted by molar-refractivity contribution is 6.11. The van der Waals surface area contributed by atoms with Gasteiger partial charge in [0.25, 0.3) is 0 Å². The standard InChI is InChI=1S/C47H29N3O/c1-2-13-32(14-3-1)41-29-37(25-26-38(41)35-23-21-30-11-4-6-15-33(30)27-35)46-48-45(36-24-22-31-12-5-7-16-34(31)28-36)49-47(50-46)40-18-10-20-43-44(40)39-17-8-9-19-42(39)51-43/h1-29H/i4D,6D,8D,11D,15D,18D,19D,21D,23D,27D. The molecule has 238 valence electrons. The van der Waals surface area contributed by atoms with Gasteiger partial charge in [-0.1, -0.05) is 145 Å². The van der Waals surface area contributed by atoms with Gasteiger partial charge in [-0.25, -0.2) is 15.0 Å². The number of rotatable bonds is 5. The van der Waals surface area contributed by atoms with E-state index in [1.54, 1.807) is 30.3 Å². The first-order chi connectivity index (χ1) is 29.4. The molecule has 0 aliphatic heterocycles. The molecule has 0 aliphatic carbocycles. The summed E-state index contributed by atoms with van der Waals surface area (Å²) >= 11 is 0. The molecule has 0 fully saturated rings. The number of hydrogen-bond acceptors (Lipinski definition) is 4. The Balaban J connectivity index is 1.26. The van der Waals surface area contributed by atoms with Crippen LogP contribution in [0.3, 0.4) is 0 Å². The summed E-state index contributed by atoms with van der Waals surface area (Å²) in [5.74, 6) is 0.699. The van der Waals surface area contributed by atoms with Gasteiger partial charge in [-0.05, 0) is 74.1 Å². The van der Waals surface area contributed by atoms with Crippen molar-refractivity contribution in [2.24, 2.45) is 0 Å². The highest BCUT2D eigenvalue weighted by Gasteiger charge is 2.19. The fourth-order valence-electron chi connectivity index (χ4n) is 6.51. The summed E-state index contributed by atoms with van der Waals surface area (Å²) in [6, 6.07) is 31.7. The number of nitrogens with zero attached hydrogens (tertiary/aromatic N) is 3. The molecule has 10 aromatic rings. The van der Waals surface area contributed by atoms with Gasteiger partial charge in [0.1, 0.15) is 11.2 Å². The fraction of sp³-hybridized carbons (Fsp3) is 0. The average Bonchev–Trinajstić information content (AvgIpc) is 3.64. The van der Waals surface area contributed by atoms with Crippen molar-refractivity contribution in [3.05, 3.63) is 176 Å². The molecular weight excluding hydrogens is 623 g/mol. The van der Waals surface area contributed by atoms with Crippen LogP contribution in [0.1, 0.15) is 13.7 Å². The summed E-state index contributed by atoms with van der Waals surface area (Å²) in [4.78, 5) is 15.0. The molecule has 0 saturated carbocycles. The zero-order valence-electron chi connectivity index (χ0n) is 36.7. The van der Waals surface area contributed by atoms with Gasteiger partial charge in [0.15, 0.2) is 17.5 Å². The minimum absolute atomic E-state index is 0.0287. The third kappa shape index (κ3) is 5.13. The molecule has 2 aromatic heterocycles. The molecule has 4 heteroatoms. The van der Waals surface area contributed by atoms with Crippen molar-refractivity contribution in [2.45, 2.75) is 0 Å². The number of para-hydroxylation sites is 1. The van der Waals surface area contributed by atoms with Gasteiger partial charge in [-0.2, -0.15) is 0 Å². The normalized spacial score (nSPS) is 14.3. The first-order valence-electron chi connectivity index (χ1n) is 21.3. The first-order valence-corrected chi connectivity index (χ1v) is 16.3. The summed E-state index contributed by atoms with van der Waals surface area (Å²) in [6.45, 7) is 0. The molecular formula is C47H29N3O. The molecule has 0 atom stereocenters. The maximum absolute atomic E-state index is 9.32. The zero-order valence-corrected chi connectivity index (χ0v) is 26.7. The number of fused-ring (bicyclic) bond motifs is 5. The summed E-state index contributed by atoms with van der Waals surface area (Å²) in [5.41, 5.74) is 3.85. The topological polar surface area (TPSA) is 51.8 Å². The maximum Gasteiger partial charge on any atom is 0.164 e. The Morgan fingerprint density at radius 2 is 1.18 bits per heavy atom. The molecule has 4 nitrogen and oxygen atoms in total. The van der Waals surface area contributed by atoms with Gasteiger partial charge in [-0.3, -0.25) is 0 Å². The second kappa shape index (κ2) is 11.9. The van der Waals surface area contributed by atoms with E-state index in [4.69, 9.17) is 30.3 Å². The van der Waals surface area contributed by atoms with E-state index in [1.165, 1.54) is 6.07 Å². The van der Waals surface area contributed by atoms with Crippen LogP contribution in [-0.4, -0.2) is 15.0 Å². The maximum atomic E-state index is 9.32. The third-order valence-corrected chi connectivity index (χ3v) is 8.95. The van der Waals surface area contributed by atoms with Crippen LogP contribution >= 0.6 is 0 Å². The Morgan fingerprint density at radius 1 is 0.412 bits per heavy atom. The van der Waals surface area contributed by atoms with Gasteiger partial charge >= 0.3 is 0 Å². The molecule has 0 N–H and O–H groups in total. The van der Waals surface area contributed by atoms with Crippen molar-refractivity contribution in [3.8, 4) is 56.4 Å². The quantitative estimate of drug-likeness (QED) is 0.184. The molecule has 2 heterocycles. The second-order valence-electron chi connectivity index (χ2n) is 12.0. The molecule has 0 bridgehead atoms. The average molecular weight is 662 g/mol. The number of aromatic nitrogens is 3. The summed E-state index contributed by atoms with van der Waals surface area (Å²) in [7, 11) is 0. The van der Waals surface area contributed by atoms with E-state index in [9.17, 15) is 2.74 Å².